The molecule has 5 aromatic rings. The first-order valence-electron chi connectivity index (χ1n) is 10.3. The van der Waals surface area contributed by atoms with E-state index < -0.39 is 17.7 Å². The molecule has 3 aromatic heterocycles. The summed E-state index contributed by atoms with van der Waals surface area (Å²) in [5.41, 5.74) is 3.57. The van der Waals surface area contributed by atoms with Crippen LogP contribution < -0.4 is 5.32 Å². The van der Waals surface area contributed by atoms with Crippen LogP contribution >= 0.6 is 11.6 Å². The number of carbonyl (C=O) groups excluding carboxylic acids is 2. The van der Waals surface area contributed by atoms with Crippen LogP contribution in [0.4, 0.5) is 10.3 Å². The van der Waals surface area contributed by atoms with Gasteiger partial charge in [-0.15, -0.1) is 0 Å². The maximum atomic E-state index is 13.7. The first-order chi connectivity index (χ1) is 16.4. The lowest BCUT2D eigenvalue weighted by Gasteiger charge is -2.03. The van der Waals surface area contributed by atoms with Gasteiger partial charge in [0.2, 0.25) is 5.95 Å². The van der Waals surface area contributed by atoms with Crippen molar-refractivity contribution in [2.75, 3.05) is 11.9 Å². The summed E-state index contributed by atoms with van der Waals surface area (Å²) in [5, 5.41) is 2.99. The second-order valence-corrected chi connectivity index (χ2v) is 7.89. The smallest absolute Gasteiger partial charge is 0.338 e. The molecular weight excluding hydrogens is 461 g/mol. The maximum Gasteiger partial charge on any atom is 0.338 e. The van der Waals surface area contributed by atoms with E-state index in [0.29, 0.717) is 32.8 Å². The van der Waals surface area contributed by atoms with Crippen molar-refractivity contribution >= 4 is 46.1 Å². The molecule has 0 spiro atoms. The Balaban J connectivity index is 1.38. The Labute approximate surface area is 197 Å². The molecule has 10 heteroatoms. The van der Waals surface area contributed by atoms with Gasteiger partial charge < -0.3 is 14.1 Å². The molecule has 170 valence electrons. The first-order valence-corrected chi connectivity index (χ1v) is 10.7. The van der Waals surface area contributed by atoms with Crippen LogP contribution in [0.5, 0.6) is 0 Å². The quantitative estimate of drug-likeness (QED) is 0.343. The third-order valence-corrected chi connectivity index (χ3v) is 5.33. The standard InChI is InChI=1S/C24H17ClFN5O3/c1-2-34-23(33)14-5-6-31-12-20(27-21(31)10-14)22(32)30-24-28-18-4-3-13(9-19(18)29-24)15-7-16(25)11-17(26)8-15/h3-12H,2H2,1H3,(H2,28,29,30,32). The number of nitrogens with one attached hydrogen (secondary N) is 2. The van der Waals surface area contributed by atoms with Crippen molar-refractivity contribution in [3.05, 3.63) is 83.0 Å². The van der Waals surface area contributed by atoms with Crippen LogP contribution in [0.3, 0.4) is 0 Å². The molecule has 0 aliphatic carbocycles. The third-order valence-electron chi connectivity index (χ3n) is 5.11. The number of benzene rings is 2. The lowest BCUT2D eigenvalue weighted by molar-refractivity contribution is 0.0526. The number of esters is 1. The van der Waals surface area contributed by atoms with Gasteiger partial charge in [0.05, 0.1) is 23.2 Å². The van der Waals surface area contributed by atoms with Gasteiger partial charge in [-0.3, -0.25) is 10.1 Å². The molecule has 0 saturated carbocycles. The van der Waals surface area contributed by atoms with E-state index in [0.717, 1.165) is 5.56 Å². The van der Waals surface area contributed by atoms with E-state index in [-0.39, 0.29) is 18.2 Å². The Bertz CT molecular complexity index is 1560. The second kappa shape index (κ2) is 8.60. The Morgan fingerprint density at radius 1 is 1.12 bits per heavy atom. The minimum absolute atomic E-state index is 0.150. The summed E-state index contributed by atoms with van der Waals surface area (Å²) < 4.78 is 20.4. The van der Waals surface area contributed by atoms with E-state index in [1.807, 2.05) is 0 Å². The van der Waals surface area contributed by atoms with Gasteiger partial charge in [-0.2, -0.15) is 0 Å². The summed E-state index contributed by atoms with van der Waals surface area (Å²) in [6, 6.07) is 12.8. The molecule has 3 heterocycles. The maximum absolute atomic E-state index is 13.7. The number of anilines is 1. The molecule has 2 aromatic carbocycles. The summed E-state index contributed by atoms with van der Waals surface area (Å²) in [6.07, 6.45) is 3.18. The number of halogens is 2. The predicted octanol–water partition coefficient (Wildman–Crippen LogP) is 5.10. The molecule has 34 heavy (non-hydrogen) atoms. The number of pyridine rings is 1. The zero-order valence-electron chi connectivity index (χ0n) is 17.8. The normalized spacial score (nSPS) is 11.1. The second-order valence-electron chi connectivity index (χ2n) is 7.46. The van der Waals surface area contributed by atoms with E-state index >= 15 is 0 Å². The van der Waals surface area contributed by atoms with Gasteiger partial charge in [0.1, 0.15) is 17.2 Å². The molecule has 0 saturated heterocycles. The van der Waals surface area contributed by atoms with Gasteiger partial charge in [0, 0.05) is 17.4 Å². The summed E-state index contributed by atoms with van der Waals surface area (Å²) in [6.45, 7) is 1.99. The summed E-state index contributed by atoms with van der Waals surface area (Å²) in [5.74, 6) is -1.13. The predicted molar refractivity (Wildman–Crippen MR) is 126 cm³/mol. The third kappa shape index (κ3) is 4.20. The molecule has 0 bridgehead atoms. The Morgan fingerprint density at radius 2 is 1.97 bits per heavy atom. The molecule has 2 N–H and O–H groups in total. The zero-order valence-corrected chi connectivity index (χ0v) is 18.6. The summed E-state index contributed by atoms with van der Waals surface area (Å²) in [4.78, 5) is 36.4. The number of aromatic amines is 1. The number of H-pyrrole nitrogens is 1. The molecule has 0 aliphatic heterocycles. The number of carbonyl (C=O) groups is 2. The fraction of sp³-hybridized carbons (Fsp3) is 0.0833. The highest BCUT2D eigenvalue weighted by molar-refractivity contribution is 6.30. The number of ether oxygens (including phenoxy) is 1. The lowest BCUT2D eigenvalue weighted by Crippen LogP contribution is -2.13. The molecule has 5 rings (SSSR count). The van der Waals surface area contributed by atoms with Crippen LogP contribution in [0.1, 0.15) is 27.8 Å². The van der Waals surface area contributed by atoms with Crippen molar-refractivity contribution in [1.82, 2.24) is 19.4 Å². The van der Waals surface area contributed by atoms with Crippen molar-refractivity contribution in [3.63, 3.8) is 0 Å². The molecule has 0 unspecified atom stereocenters. The van der Waals surface area contributed by atoms with Gasteiger partial charge in [-0.1, -0.05) is 17.7 Å². The van der Waals surface area contributed by atoms with Crippen molar-refractivity contribution in [2.24, 2.45) is 0 Å². The first kappa shape index (κ1) is 21.6. The molecule has 0 atom stereocenters. The van der Waals surface area contributed by atoms with Crippen LogP contribution in [0.25, 0.3) is 27.8 Å². The molecule has 0 fully saturated rings. The minimum atomic E-state index is -0.474. The van der Waals surface area contributed by atoms with E-state index in [9.17, 15) is 14.0 Å². The number of nitrogens with zero attached hydrogens (tertiary/aromatic N) is 3. The monoisotopic (exact) mass is 477 g/mol. The van der Waals surface area contributed by atoms with Crippen LogP contribution in [0, 0.1) is 5.82 Å². The van der Waals surface area contributed by atoms with E-state index in [4.69, 9.17) is 16.3 Å². The van der Waals surface area contributed by atoms with Crippen LogP contribution in [0.2, 0.25) is 5.02 Å². The Kier molecular flexibility index (Phi) is 5.46. The molecule has 1 amide bonds. The number of amides is 1. The number of hydrogen-bond acceptors (Lipinski definition) is 5. The fourth-order valence-electron chi connectivity index (χ4n) is 3.57. The Morgan fingerprint density at radius 3 is 2.76 bits per heavy atom. The van der Waals surface area contributed by atoms with Crippen molar-refractivity contribution in [3.8, 4) is 11.1 Å². The zero-order chi connectivity index (χ0) is 23.8. The van der Waals surface area contributed by atoms with Gasteiger partial charge in [0.25, 0.3) is 5.91 Å². The summed E-state index contributed by atoms with van der Waals surface area (Å²) in [7, 11) is 0. The average Bonchev–Trinajstić information content (AvgIpc) is 3.41. The largest absolute Gasteiger partial charge is 0.462 e. The van der Waals surface area contributed by atoms with Crippen LogP contribution in [-0.4, -0.2) is 37.8 Å². The number of fused-ring (bicyclic) bond motifs is 2. The van der Waals surface area contributed by atoms with E-state index in [1.54, 1.807) is 60.1 Å². The lowest BCUT2D eigenvalue weighted by atomic mass is 10.1. The number of imidazole rings is 2. The molecular formula is C24H17ClFN5O3. The molecule has 8 nitrogen and oxygen atoms in total. The van der Waals surface area contributed by atoms with E-state index in [1.165, 1.54) is 12.1 Å². The van der Waals surface area contributed by atoms with Crippen LogP contribution in [0.15, 0.2) is 60.9 Å². The van der Waals surface area contributed by atoms with Gasteiger partial charge in [0.15, 0.2) is 0 Å². The number of rotatable bonds is 5. The van der Waals surface area contributed by atoms with Crippen molar-refractivity contribution < 1.29 is 18.7 Å². The van der Waals surface area contributed by atoms with Crippen molar-refractivity contribution in [1.29, 1.82) is 0 Å². The van der Waals surface area contributed by atoms with Gasteiger partial charge in [-0.25, -0.2) is 19.2 Å². The Hall–Kier alpha value is -4.24. The summed E-state index contributed by atoms with van der Waals surface area (Å²) >= 11 is 5.97. The van der Waals surface area contributed by atoms with Crippen LogP contribution in [-0.2, 0) is 4.74 Å². The SMILES string of the molecule is CCOC(=O)c1ccn2cc(C(=O)Nc3nc4ccc(-c5cc(F)cc(Cl)c5)cc4[nH]3)nc2c1. The fourth-order valence-corrected chi connectivity index (χ4v) is 3.79. The number of aromatic nitrogens is 4. The molecule has 0 radical (unpaired) electrons. The highest BCUT2D eigenvalue weighted by Crippen LogP contribution is 2.27. The highest BCUT2D eigenvalue weighted by atomic mass is 35.5. The molecule has 0 aliphatic rings. The minimum Gasteiger partial charge on any atom is -0.462 e. The number of hydrogen-bond donors (Lipinski definition) is 2. The topological polar surface area (TPSA) is 101 Å². The average molecular weight is 478 g/mol. The highest BCUT2D eigenvalue weighted by Gasteiger charge is 2.15. The van der Waals surface area contributed by atoms with E-state index in [2.05, 4.69) is 20.3 Å². The van der Waals surface area contributed by atoms with Gasteiger partial charge in [-0.05, 0) is 60.5 Å². The van der Waals surface area contributed by atoms with Gasteiger partial charge >= 0.3 is 5.97 Å². The van der Waals surface area contributed by atoms with Crippen molar-refractivity contribution in [2.45, 2.75) is 6.92 Å².